The van der Waals surface area contributed by atoms with Crippen LogP contribution in [-0.2, 0) is 7.05 Å². The molecular weight excluding hydrogens is 402 g/mol. The van der Waals surface area contributed by atoms with Gasteiger partial charge < -0.3 is 30.7 Å². The van der Waals surface area contributed by atoms with Gasteiger partial charge in [0.2, 0.25) is 0 Å². The molecule has 1 unspecified atom stereocenters. The minimum Gasteiger partial charge on any atom is -0.507 e. The first-order chi connectivity index (χ1) is 14.9. The standard InChI is InChI=1S/C21H25N5O5/c1-26-13-24-21(25-26)14-2-4-16(5-3-14)31-12-15(27)11-23-8-9-30-17-6-7-19(28)18(10-17)20(22)29/h2-7,10,13,15,23,27-28H,8-9,11-12H2,1H3,(H2,22,29). The van der Waals surface area contributed by atoms with Crippen LogP contribution in [0.15, 0.2) is 48.8 Å². The van der Waals surface area contributed by atoms with Gasteiger partial charge in [-0.1, -0.05) is 0 Å². The molecule has 0 radical (unpaired) electrons. The Bertz CT molecular complexity index is 1010. The van der Waals surface area contributed by atoms with Crippen LogP contribution in [0.2, 0.25) is 0 Å². The molecule has 3 rings (SSSR count). The smallest absolute Gasteiger partial charge is 0.252 e. The summed E-state index contributed by atoms with van der Waals surface area (Å²) in [5.41, 5.74) is 6.07. The number of aliphatic hydroxyl groups is 1. The van der Waals surface area contributed by atoms with Crippen molar-refractivity contribution in [3.63, 3.8) is 0 Å². The van der Waals surface area contributed by atoms with Crippen LogP contribution in [0.3, 0.4) is 0 Å². The van der Waals surface area contributed by atoms with E-state index in [1.54, 1.807) is 29.2 Å². The molecule has 0 aliphatic heterocycles. The zero-order valence-electron chi connectivity index (χ0n) is 17.1. The summed E-state index contributed by atoms with van der Waals surface area (Å²) >= 11 is 0. The van der Waals surface area contributed by atoms with Crippen molar-refractivity contribution in [2.24, 2.45) is 12.8 Å². The van der Waals surface area contributed by atoms with Gasteiger partial charge >= 0.3 is 0 Å². The van der Waals surface area contributed by atoms with Gasteiger partial charge in [-0.2, -0.15) is 5.10 Å². The van der Waals surface area contributed by atoms with E-state index in [9.17, 15) is 15.0 Å². The van der Waals surface area contributed by atoms with Gasteiger partial charge in [0.25, 0.3) is 5.91 Å². The molecule has 31 heavy (non-hydrogen) atoms. The molecule has 164 valence electrons. The molecule has 1 atom stereocenters. The second kappa shape index (κ2) is 10.4. The Morgan fingerprint density at radius 3 is 2.61 bits per heavy atom. The number of nitrogens with zero attached hydrogens (tertiary/aromatic N) is 3. The largest absolute Gasteiger partial charge is 0.507 e. The van der Waals surface area contributed by atoms with Crippen LogP contribution in [-0.4, -0.2) is 63.3 Å². The second-order valence-electron chi connectivity index (χ2n) is 6.83. The van der Waals surface area contributed by atoms with E-state index in [1.807, 2.05) is 19.2 Å². The van der Waals surface area contributed by atoms with Crippen molar-refractivity contribution in [3.8, 4) is 28.6 Å². The Morgan fingerprint density at radius 2 is 1.94 bits per heavy atom. The van der Waals surface area contributed by atoms with Crippen LogP contribution in [0.4, 0.5) is 0 Å². The van der Waals surface area contributed by atoms with Crippen molar-refractivity contribution in [3.05, 3.63) is 54.4 Å². The third kappa shape index (κ3) is 6.43. The van der Waals surface area contributed by atoms with Crippen LogP contribution in [0.25, 0.3) is 11.4 Å². The van der Waals surface area contributed by atoms with Gasteiger partial charge in [-0.05, 0) is 42.5 Å². The highest BCUT2D eigenvalue weighted by molar-refractivity contribution is 5.95. The minimum atomic E-state index is -0.729. The lowest BCUT2D eigenvalue weighted by atomic mass is 10.2. The average molecular weight is 427 g/mol. The molecule has 1 aromatic heterocycles. The molecule has 1 heterocycles. The van der Waals surface area contributed by atoms with Crippen molar-refractivity contribution < 1.29 is 24.5 Å². The first kappa shape index (κ1) is 22.1. The van der Waals surface area contributed by atoms with Gasteiger partial charge in [0.15, 0.2) is 5.82 Å². The monoisotopic (exact) mass is 427 g/mol. The molecule has 3 aromatic rings. The lowest BCUT2D eigenvalue weighted by Crippen LogP contribution is -2.33. The molecule has 5 N–H and O–H groups in total. The van der Waals surface area contributed by atoms with E-state index in [-0.39, 0.29) is 17.9 Å². The molecule has 0 fully saturated rings. The molecule has 0 spiro atoms. The van der Waals surface area contributed by atoms with Crippen LogP contribution in [0.1, 0.15) is 10.4 Å². The van der Waals surface area contributed by atoms with Crippen molar-refractivity contribution in [2.45, 2.75) is 6.10 Å². The fourth-order valence-corrected chi connectivity index (χ4v) is 2.74. The molecule has 0 bridgehead atoms. The van der Waals surface area contributed by atoms with Gasteiger partial charge in [0.05, 0.1) is 5.56 Å². The van der Waals surface area contributed by atoms with Crippen molar-refractivity contribution in [1.29, 1.82) is 0 Å². The maximum Gasteiger partial charge on any atom is 0.252 e. The first-order valence-corrected chi connectivity index (χ1v) is 9.65. The maximum absolute atomic E-state index is 11.2. The Kier molecular flexibility index (Phi) is 7.41. The number of aryl methyl sites for hydroxylation is 1. The summed E-state index contributed by atoms with van der Waals surface area (Å²) in [7, 11) is 1.81. The first-order valence-electron chi connectivity index (χ1n) is 9.65. The summed E-state index contributed by atoms with van der Waals surface area (Å²) in [4.78, 5) is 15.4. The van der Waals surface area contributed by atoms with E-state index in [0.29, 0.717) is 37.0 Å². The van der Waals surface area contributed by atoms with Gasteiger partial charge in [0.1, 0.15) is 42.9 Å². The number of phenols is 1. The zero-order chi connectivity index (χ0) is 22.2. The SMILES string of the molecule is Cn1cnc(-c2ccc(OCC(O)CNCCOc3ccc(O)c(C(N)=O)c3)cc2)n1. The topological polar surface area (TPSA) is 145 Å². The van der Waals surface area contributed by atoms with Crippen molar-refractivity contribution in [2.75, 3.05) is 26.3 Å². The number of hydrogen-bond acceptors (Lipinski definition) is 8. The number of rotatable bonds is 11. The zero-order valence-corrected chi connectivity index (χ0v) is 17.1. The highest BCUT2D eigenvalue weighted by Crippen LogP contribution is 2.22. The van der Waals surface area contributed by atoms with Crippen molar-refractivity contribution in [1.82, 2.24) is 20.1 Å². The highest BCUT2D eigenvalue weighted by Gasteiger charge is 2.09. The number of carbonyl (C=O) groups is 1. The van der Waals surface area contributed by atoms with Crippen molar-refractivity contribution >= 4 is 5.91 Å². The van der Waals surface area contributed by atoms with E-state index in [2.05, 4.69) is 15.4 Å². The number of hydrogen-bond donors (Lipinski definition) is 4. The summed E-state index contributed by atoms with van der Waals surface area (Å²) < 4.78 is 12.7. The lowest BCUT2D eigenvalue weighted by molar-refractivity contribution is 0.0996. The van der Waals surface area contributed by atoms with E-state index in [0.717, 1.165) is 5.56 Å². The minimum absolute atomic E-state index is 0.00218. The van der Waals surface area contributed by atoms with Gasteiger partial charge in [-0.25, -0.2) is 4.98 Å². The Hall–Kier alpha value is -3.63. The summed E-state index contributed by atoms with van der Waals surface area (Å²) in [5, 5.41) is 26.9. The van der Waals surface area contributed by atoms with Crippen LogP contribution in [0, 0.1) is 0 Å². The quantitative estimate of drug-likeness (QED) is 0.327. The number of carbonyl (C=O) groups excluding carboxylic acids is 1. The lowest BCUT2D eigenvalue weighted by Gasteiger charge is -2.14. The molecule has 2 aromatic carbocycles. The van der Waals surface area contributed by atoms with Crippen LogP contribution in [0.5, 0.6) is 17.2 Å². The number of aromatic hydroxyl groups is 1. The van der Waals surface area contributed by atoms with Gasteiger partial charge in [0, 0.05) is 25.7 Å². The van der Waals surface area contributed by atoms with Gasteiger partial charge in [-0.15, -0.1) is 0 Å². The molecule has 10 nitrogen and oxygen atoms in total. The molecule has 0 saturated heterocycles. The highest BCUT2D eigenvalue weighted by atomic mass is 16.5. The van der Waals surface area contributed by atoms with E-state index in [4.69, 9.17) is 15.2 Å². The number of nitrogens with two attached hydrogens (primary N) is 1. The molecule has 1 amide bonds. The van der Waals surface area contributed by atoms with E-state index < -0.39 is 12.0 Å². The third-order valence-electron chi connectivity index (χ3n) is 4.32. The Labute approximate surface area is 179 Å². The number of ether oxygens (including phenoxy) is 2. The number of aromatic nitrogens is 3. The number of amides is 1. The average Bonchev–Trinajstić information content (AvgIpc) is 3.19. The number of primary amides is 1. The predicted octanol–water partition coefficient (Wildman–Crippen LogP) is 0.695. The Morgan fingerprint density at radius 1 is 1.19 bits per heavy atom. The second-order valence-corrected chi connectivity index (χ2v) is 6.83. The molecular formula is C21H25N5O5. The van der Waals surface area contributed by atoms with Crippen LogP contribution < -0.4 is 20.5 Å². The maximum atomic E-state index is 11.2. The summed E-state index contributed by atoms with van der Waals surface area (Å²) in [5.74, 6) is 0.774. The number of nitrogens with one attached hydrogen (secondary N) is 1. The molecule has 0 aliphatic rings. The number of aliphatic hydroxyl groups excluding tert-OH is 1. The summed E-state index contributed by atoms with van der Waals surface area (Å²) in [6.07, 6.45) is 0.934. The van der Waals surface area contributed by atoms with Crippen LogP contribution >= 0.6 is 0 Å². The molecule has 0 saturated carbocycles. The van der Waals surface area contributed by atoms with E-state index >= 15 is 0 Å². The third-order valence-corrected chi connectivity index (χ3v) is 4.32. The Balaban J connectivity index is 1.34. The molecule has 0 aliphatic carbocycles. The predicted molar refractivity (Wildman–Crippen MR) is 113 cm³/mol. The normalized spacial score (nSPS) is 11.8. The van der Waals surface area contributed by atoms with Gasteiger partial charge in [-0.3, -0.25) is 9.48 Å². The van der Waals surface area contributed by atoms with E-state index in [1.165, 1.54) is 12.1 Å². The summed E-state index contributed by atoms with van der Waals surface area (Å²) in [6, 6.07) is 11.6. The fourth-order valence-electron chi connectivity index (χ4n) is 2.74. The number of benzene rings is 2. The fraction of sp³-hybridized carbons (Fsp3) is 0.286. The summed E-state index contributed by atoms with van der Waals surface area (Å²) in [6.45, 7) is 1.23. The molecule has 10 heteroatoms.